The molecule has 3 rings (SSSR count). The van der Waals surface area contributed by atoms with Crippen molar-refractivity contribution in [2.75, 3.05) is 37.4 Å². The minimum absolute atomic E-state index is 0. The van der Waals surface area contributed by atoms with Crippen molar-refractivity contribution < 1.29 is 8.42 Å². The normalized spacial score (nSPS) is 13.9. The molecular formula is C17H22ClN3O2S. The number of hydrogen-bond acceptors (Lipinski definition) is 4. The van der Waals surface area contributed by atoms with Crippen LogP contribution in [0.25, 0.3) is 0 Å². The van der Waals surface area contributed by atoms with E-state index in [0.717, 1.165) is 30.0 Å². The van der Waals surface area contributed by atoms with Crippen molar-refractivity contribution in [3.8, 4) is 0 Å². The number of para-hydroxylation sites is 2. The molecule has 1 heterocycles. The highest BCUT2D eigenvalue weighted by Gasteiger charge is 2.19. The molecule has 0 fully saturated rings. The number of nitrogens with one attached hydrogen (secondary N) is 1. The molecule has 130 valence electrons. The zero-order chi connectivity index (χ0) is 16.4. The van der Waals surface area contributed by atoms with E-state index in [1.807, 2.05) is 18.2 Å². The van der Waals surface area contributed by atoms with E-state index < -0.39 is 10.0 Å². The number of benzene rings is 2. The molecule has 2 aromatic rings. The summed E-state index contributed by atoms with van der Waals surface area (Å²) in [4.78, 5) is 2.61. The molecule has 0 unspecified atom stereocenters. The monoisotopic (exact) mass is 367 g/mol. The van der Waals surface area contributed by atoms with Crippen molar-refractivity contribution in [3.63, 3.8) is 0 Å². The average molecular weight is 368 g/mol. The Labute approximate surface area is 149 Å². The molecule has 0 amide bonds. The molecule has 0 saturated carbocycles. The molecule has 0 aromatic heterocycles. The Hall–Kier alpha value is -1.76. The summed E-state index contributed by atoms with van der Waals surface area (Å²) in [6.07, 6.45) is 0. The highest BCUT2D eigenvalue weighted by atomic mass is 35.5. The summed E-state index contributed by atoms with van der Waals surface area (Å²) in [7, 11) is -0.298. The van der Waals surface area contributed by atoms with Crippen LogP contribution in [0.4, 0.5) is 11.4 Å². The number of fused-ring (bicyclic) bond motifs is 1. The molecule has 0 atom stereocenters. The summed E-state index contributed by atoms with van der Waals surface area (Å²) in [5, 5.41) is 3.38. The van der Waals surface area contributed by atoms with Crippen LogP contribution in [0.3, 0.4) is 0 Å². The van der Waals surface area contributed by atoms with Crippen LogP contribution in [0.5, 0.6) is 0 Å². The largest absolute Gasteiger partial charge is 0.382 e. The molecule has 0 bridgehead atoms. The van der Waals surface area contributed by atoms with Gasteiger partial charge in [0.1, 0.15) is 0 Å². The fraction of sp³-hybridized carbons (Fsp3) is 0.294. The third kappa shape index (κ3) is 3.66. The van der Waals surface area contributed by atoms with Gasteiger partial charge in [0.25, 0.3) is 0 Å². The zero-order valence-electron chi connectivity index (χ0n) is 13.8. The fourth-order valence-corrected chi connectivity index (χ4v) is 3.72. The fourth-order valence-electron chi connectivity index (χ4n) is 2.74. The van der Waals surface area contributed by atoms with Gasteiger partial charge in [-0.05, 0) is 29.8 Å². The molecule has 7 heteroatoms. The summed E-state index contributed by atoms with van der Waals surface area (Å²) in [5.74, 6) is 0. The molecule has 2 aromatic carbocycles. The van der Waals surface area contributed by atoms with Crippen molar-refractivity contribution in [2.24, 2.45) is 0 Å². The van der Waals surface area contributed by atoms with Crippen LogP contribution in [0, 0.1) is 0 Å². The Kier molecular flexibility index (Phi) is 5.74. The quantitative estimate of drug-likeness (QED) is 0.902. The van der Waals surface area contributed by atoms with Gasteiger partial charge in [0, 0.05) is 33.7 Å². The summed E-state index contributed by atoms with van der Waals surface area (Å²) in [6, 6.07) is 15.4. The SMILES string of the molecule is CN(C)S(=O)(=O)c1cccc(CN2CCNc3ccccc32)c1.Cl. The second-order valence-corrected chi connectivity index (χ2v) is 7.95. The van der Waals surface area contributed by atoms with Gasteiger partial charge in [0.05, 0.1) is 16.3 Å². The van der Waals surface area contributed by atoms with Gasteiger partial charge in [0.2, 0.25) is 10.0 Å². The maximum absolute atomic E-state index is 12.3. The molecule has 1 aliphatic heterocycles. The third-order valence-corrected chi connectivity index (χ3v) is 5.80. The van der Waals surface area contributed by atoms with E-state index in [2.05, 4.69) is 22.3 Å². The summed E-state index contributed by atoms with van der Waals surface area (Å²) in [6.45, 7) is 2.46. The molecule has 0 saturated heterocycles. The second-order valence-electron chi connectivity index (χ2n) is 5.80. The smallest absolute Gasteiger partial charge is 0.242 e. The lowest BCUT2D eigenvalue weighted by molar-refractivity contribution is 0.520. The highest BCUT2D eigenvalue weighted by molar-refractivity contribution is 7.89. The molecule has 1 aliphatic rings. The molecule has 0 aliphatic carbocycles. The number of nitrogens with zero attached hydrogens (tertiary/aromatic N) is 2. The Bertz CT molecular complexity index is 809. The maximum atomic E-state index is 12.3. The summed E-state index contributed by atoms with van der Waals surface area (Å²) in [5.41, 5.74) is 3.26. The van der Waals surface area contributed by atoms with E-state index in [4.69, 9.17) is 0 Å². The van der Waals surface area contributed by atoms with Crippen LogP contribution in [0.15, 0.2) is 53.4 Å². The van der Waals surface area contributed by atoms with E-state index in [1.165, 1.54) is 4.31 Å². The highest BCUT2D eigenvalue weighted by Crippen LogP contribution is 2.29. The topological polar surface area (TPSA) is 52.7 Å². The predicted octanol–water partition coefficient (Wildman–Crippen LogP) is 2.79. The van der Waals surface area contributed by atoms with E-state index in [9.17, 15) is 8.42 Å². The Balaban J connectivity index is 0.00000208. The van der Waals surface area contributed by atoms with Crippen LogP contribution in [-0.2, 0) is 16.6 Å². The number of sulfonamides is 1. The maximum Gasteiger partial charge on any atom is 0.242 e. The third-order valence-electron chi connectivity index (χ3n) is 3.99. The Morgan fingerprint density at radius 2 is 1.88 bits per heavy atom. The van der Waals surface area contributed by atoms with Gasteiger partial charge < -0.3 is 10.2 Å². The molecule has 24 heavy (non-hydrogen) atoms. The summed E-state index contributed by atoms with van der Waals surface area (Å²) >= 11 is 0. The van der Waals surface area contributed by atoms with E-state index in [1.54, 1.807) is 32.3 Å². The van der Waals surface area contributed by atoms with Crippen molar-refractivity contribution in [2.45, 2.75) is 11.4 Å². The van der Waals surface area contributed by atoms with Crippen LogP contribution >= 0.6 is 12.4 Å². The second kappa shape index (κ2) is 7.42. The van der Waals surface area contributed by atoms with Gasteiger partial charge in [0.15, 0.2) is 0 Å². The minimum Gasteiger partial charge on any atom is -0.382 e. The van der Waals surface area contributed by atoms with Gasteiger partial charge in [-0.15, -0.1) is 12.4 Å². The van der Waals surface area contributed by atoms with Gasteiger partial charge in [-0.25, -0.2) is 12.7 Å². The van der Waals surface area contributed by atoms with Crippen LogP contribution in [-0.4, -0.2) is 39.9 Å². The first-order chi connectivity index (χ1) is 11.0. The molecule has 1 N–H and O–H groups in total. The standard InChI is InChI=1S/C17H21N3O2S.ClH/c1-19(2)23(21,22)15-7-5-6-14(12-15)13-20-11-10-18-16-8-3-4-9-17(16)20;/h3-9,12,18H,10-11,13H2,1-2H3;1H. The number of rotatable bonds is 4. The first kappa shape index (κ1) is 18.6. The van der Waals surface area contributed by atoms with Gasteiger partial charge in [-0.2, -0.15) is 0 Å². The first-order valence-electron chi connectivity index (χ1n) is 7.58. The molecule has 5 nitrogen and oxygen atoms in total. The Morgan fingerprint density at radius 1 is 1.12 bits per heavy atom. The molecular weight excluding hydrogens is 346 g/mol. The van der Waals surface area contributed by atoms with Gasteiger partial charge in [-0.3, -0.25) is 0 Å². The van der Waals surface area contributed by atoms with Gasteiger partial charge in [-0.1, -0.05) is 24.3 Å². The number of anilines is 2. The van der Waals surface area contributed by atoms with E-state index in [0.29, 0.717) is 11.4 Å². The lowest BCUT2D eigenvalue weighted by Gasteiger charge is -2.32. The van der Waals surface area contributed by atoms with Crippen LogP contribution in [0.1, 0.15) is 5.56 Å². The van der Waals surface area contributed by atoms with E-state index >= 15 is 0 Å². The van der Waals surface area contributed by atoms with Crippen LogP contribution < -0.4 is 10.2 Å². The Morgan fingerprint density at radius 3 is 2.62 bits per heavy atom. The molecule has 0 radical (unpaired) electrons. The number of hydrogen-bond donors (Lipinski definition) is 1. The minimum atomic E-state index is -3.40. The van der Waals surface area contributed by atoms with Gasteiger partial charge >= 0.3 is 0 Å². The average Bonchev–Trinajstić information content (AvgIpc) is 2.55. The van der Waals surface area contributed by atoms with Crippen molar-refractivity contribution in [1.29, 1.82) is 0 Å². The van der Waals surface area contributed by atoms with Crippen molar-refractivity contribution >= 4 is 33.8 Å². The zero-order valence-corrected chi connectivity index (χ0v) is 15.4. The predicted molar refractivity (Wildman–Crippen MR) is 101 cm³/mol. The van der Waals surface area contributed by atoms with Crippen molar-refractivity contribution in [3.05, 3.63) is 54.1 Å². The van der Waals surface area contributed by atoms with E-state index in [-0.39, 0.29) is 12.4 Å². The lowest BCUT2D eigenvalue weighted by atomic mass is 10.1. The lowest BCUT2D eigenvalue weighted by Crippen LogP contribution is -2.33. The van der Waals surface area contributed by atoms with Crippen molar-refractivity contribution in [1.82, 2.24) is 4.31 Å². The van der Waals surface area contributed by atoms with Crippen LogP contribution in [0.2, 0.25) is 0 Å². The first-order valence-corrected chi connectivity index (χ1v) is 9.02. The summed E-state index contributed by atoms with van der Waals surface area (Å²) < 4.78 is 25.8. The molecule has 0 spiro atoms. The number of halogens is 1.